The third-order valence-electron chi connectivity index (χ3n) is 6.81. The zero-order valence-electron chi connectivity index (χ0n) is 24.2. The summed E-state index contributed by atoms with van der Waals surface area (Å²) >= 11 is 1.26. The molecule has 2 aromatic carbocycles. The molecular formula is C28H34N4O5S2. The van der Waals surface area contributed by atoms with Crippen LogP contribution in [0.15, 0.2) is 54.6 Å². The van der Waals surface area contributed by atoms with Gasteiger partial charge in [0, 0.05) is 25.5 Å². The van der Waals surface area contributed by atoms with Crippen molar-refractivity contribution in [2.75, 3.05) is 27.7 Å². The summed E-state index contributed by atoms with van der Waals surface area (Å²) in [6.45, 7) is 2.37. The van der Waals surface area contributed by atoms with Crippen LogP contribution in [0.25, 0.3) is 0 Å². The summed E-state index contributed by atoms with van der Waals surface area (Å²) in [5, 5.41) is 0.541. The summed E-state index contributed by atoms with van der Waals surface area (Å²) in [6, 6.07) is 17.0. The lowest BCUT2D eigenvalue weighted by Gasteiger charge is -2.27. The second-order valence-electron chi connectivity index (χ2n) is 9.77. The van der Waals surface area contributed by atoms with Crippen molar-refractivity contribution >= 4 is 33.4 Å². The number of ether oxygens (including phenoxy) is 1. The van der Waals surface area contributed by atoms with Crippen LogP contribution in [-0.4, -0.2) is 62.1 Å². The highest BCUT2D eigenvalue weighted by atomic mass is 32.2. The summed E-state index contributed by atoms with van der Waals surface area (Å²) in [6.07, 6.45) is 2.89. The first kappa shape index (κ1) is 26.0. The van der Waals surface area contributed by atoms with E-state index in [4.69, 9.17) is 7.48 Å². The van der Waals surface area contributed by atoms with Gasteiger partial charge >= 0.3 is 10.2 Å². The number of carbonyl (C=O) groups is 2. The molecule has 0 aliphatic heterocycles. The Bertz CT molecular complexity index is 1470. The molecule has 9 nitrogen and oxygen atoms in total. The fourth-order valence-electron chi connectivity index (χ4n) is 4.43. The predicted molar refractivity (Wildman–Crippen MR) is 151 cm³/mol. The molecule has 0 unspecified atom stereocenters. The average Bonchev–Trinajstić information content (AvgIpc) is 3.64. The van der Waals surface area contributed by atoms with Gasteiger partial charge in [-0.2, -0.15) is 12.7 Å². The van der Waals surface area contributed by atoms with Crippen molar-refractivity contribution in [2.45, 2.75) is 44.6 Å². The Balaban J connectivity index is 1.55. The molecule has 11 heteroatoms. The quantitative estimate of drug-likeness (QED) is 0.355. The number of nitrogens with one attached hydrogen (secondary N) is 1. The first-order valence-electron chi connectivity index (χ1n) is 13.7. The smallest absolute Gasteiger partial charge is 0.303 e. The second-order valence-corrected chi connectivity index (χ2v) is 12.9. The monoisotopic (exact) mass is 572 g/mol. The lowest BCUT2D eigenvalue weighted by molar-refractivity contribution is -0.134. The summed E-state index contributed by atoms with van der Waals surface area (Å²) < 4.78 is 46.9. The summed E-state index contributed by atoms with van der Waals surface area (Å²) in [5.41, 5.74) is 1.35. The van der Waals surface area contributed by atoms with Gasteiger partial charge in [-0.3, -0.25) is 9.59 Å². The topological polar surface area (TPSA) is 109 Å². The van der Waals surface area contributed by atoms with Crippen LogP contribution in [0.4, 0.5) is 0 Å². The van der Waals surface area contributed by atoms with Crippen LogP contribution < -0.4 is 9.46 Å². The Kier molecular flexibility index (Phi) is 7.89. The van der Waals surface area contributed by atoms with Crippen LogP contribution in [-0.2, 0) is 33.4 Å². The Morgan fingerprint density at radius 2 is 1.82 bits per heavy atom. The van der Waals surface area contributed by atoms with E-state index in [1.54, 1.807) is 24.0 Å². The molecule has 0 spiro atoms. The molecule has 4 rings (SSSR count). The van der Waals surface area contributed by atoms with E-state index < -0.39 is 28.6 Å². The molecule has 1 N–H and O–H groups in total. The SMILES string of the molecule is [2H]C([2H])Oc1ccc(C2(C(=O)N(CCCc3ccccc3)Cc3nc(C(=O)NS(=O)(=O)N(C)C)c(C)s3)CC2)cc1. The number of rotatable bonds is 12. The van der Waals surface area contributed by atoms with E-state index >= 15 is 0 Å². The highest BCUT2D eigenvalue weighted by Crippen LogP contribution is 2.50. The number of benzene rings is 2. The van der Waals surface area contributed by atoms with E-state index in [1.807, 2.05) is 47.2 Å². The normalized spacial score (nSPS) is 15.0. The molecule has 0 radical (unpaired) electrons. The highest BCUT2D eigenvalue weighted by molar-refractivity contribution is 7.87. The summed E-state index contributed by atoms with van der Waals surface area (Å²) in [5.74, 6) is -0.455. The van der Waals surface area contributed by atoms with Crippen LogP contribution in [0.3, 0.4) is 0 Å². The Morgan fingerprint density at radius 1 is 1.13 bits per heavy atom. The fraction of sp³-hybridized carbons (Fsp3) is 0.393. The molecule has 0 bridgehead atoms. The van der Waals surface area contributed by atoms with Crippen molar-refractivity contribution in [3.8, 4) is 5.75 Å². The van der Waals surface area contributed by atoms with Gasteiger partial charge in [0.05, 0.1) is 21.8 Å². The molecule has 1 aromatic heterocycles. The minimum atomic E-state index is -3.98. The van der Waals surface area contributed by atoms with Gasteiger partial charge in [-0.15, -0.1) is 11.3 Å². The Labute approximate surface area is 236 Å². The van der Waals surface area contributed by atoms with Gasteiger partial charge in [-0.25, -0.2) is 9.71 Å². The Hall–Kier alpha value is -3.28. The van der Waals surface area contributed by atoms with Crippen molar-refractivity contribution in [1.29, 1.82) is 0 Å². The molecule has 0 saturated heterocycles. The number of nitrogens with zero attached hydrogens (tertiary/aromatic N) is 3. The number of carbonyl (C=O) groups excluding carboxylic acids is 2. The minimum absolute atomic E-state index is 0.0194. The number of hydrogen-bond donors (Lipinski definition) is 1. The molecule has 2 amide bonds. The number of amides is 2. The Morgan fingerprint density at radius 3 is 2.44 bits per heavy atom. The van der Waals surface area contributed by atoms with E-state index in [-0.39, 0.29) is 18.1 Å². The molecule has 1 aliphatic rings. The molecule has 1 saturated carbocycles. The van der Waals surface area contributed by atoms with Crippen LogP contribution in [0, 0.1) is 6.92 Å². The molecule has 39 heavy (non-hydrogen) atoms. The standard InChI is InChI=1S/C28H34N4O5S2/c1-20-25(26(33)30-39(35,36)31(2)3)29-24(38-20)19-32(18-8-11-21-9-6-5-7-10-21)27(34)28(16-17-28)22-12-14-23(37-4)15-13-22/h5-7,9-10,12-15H,8,11,16-19H2,1-4H3,(H,30,33)/i4D2. The predicted octanol–water partition coefficient (Wildman–Crippen LogP) is 3.69. The molecule has 0 atom stereocenters. The first-order chi connectivity index (χ1) is 19.4. The van der Waals surface area contributed by atoms with Crippen LogP contribution in [0.1, 0.15) is 53.5 Å². The molecule has 3 aromatic rings. The van der Waals surface area contributed by atoms with Crippen LogP contribution >= 0.6 is 11.3 Å². The van der Waals surface area contributed by atoms with E-state index in [0.717, 1.165) is 22.7 Å². The fourth-order valence-corrected chi connectivity index (χ4v) is 5.89. The largest absolute Gasteiger partial charge is 0.497 e. The third kappa shape index (κ3) is 6.66. The van der Waals surface area contributed by atoms with Gasteiger partial charge < -0.3 is 9.64 Å². The van der Waals surface area contributed by atoms with Crippen LogP contribution in [0.2, 0.25) is 0 Å². The number of aromatic nitrogens is 1. The lowest BCUT2D eigenvalue weighted by atomic mass is 9.94. The number of aryl methyl sites for hydroxylation is 2. The van der Waals surface area contributed by atoms with Crippen molar-refractivity contribution in [1.82, 2.24) is 18.9 Å². The van der Waals surface area contributed by atoms with Gasteiger partial charge in [0.15, 0.2) is 0 Å². The maximum atomic E-state index is 14.1. The third-order valence-corrected chi connectivity index (χ3v) is 9.17. The average molecular weight is 573 g/mol. The highest BCUT2D eigenvalue weighted by Gasteiger charge is 2.53. The number of hydrogen-bond acceptors (Lipinski definition) is 7. The van der Waals surface area contributed by atoms with Crippen molar-refractivity contribution in [3.63, 3.8) is 0 Å². The van der Waals surface area contributed by atoms with Crippen molar-refractivity contribution in [2.24, 2.45) is 0 Å². The van der Waals surface area contributed by atoms with E-state index in [9.17, 15) is 18.0 Å². The second kappa shape index (κ2) is 11.8. The van der Waals surface area contributed by atoms with E-state index in [2.05, 4.69) is 4.98 Å². The van der Waals surface area contributed by atoms with Gasteiger partial charge in [-0.05, 0) is 55.9 Å². The molecule has 208 valence electrons. The summed E-state index contributed by atoms with van der Waals surface area (Å²) in [4.78, 5) is 33.6. The maximum absolute atomic E-state index is 14.1. The van der Waals surface area contributed by atoms with Gasteiger partial charge in [0.1, 0.15) is 16.5 Å². The first-order valence-corrected chi connectivity index (χ1v) is 14.8. The maximum Gasteiger partial charge on any atom is 0.303 e. The molecule has 1 aliphatic carbocycles. The van der Waals surface area contributed by atoms with Crippen molar-refractivity contribution in [3.05, 3.63) is 81.3 Å². The van der Waals surface area contributed by atoms with Gasteiger partial charge in [-0.1, -0.05) is 42.5 Å². The van der Waals surface area contributed by atoms with Gasteiger partial charge in [0.25, 0.3) is 5.91 Å². The molecule has 1 heterocycles. The zero-order chi connectivity index (χ0) is 29.8. The molecule has 1 fully saturated rings. The van der Waals surface area contributed by atoms with E-state index in [1.165, 1.54) is 31.0 Å². The number of thiazole rings is 1. The zero-order valence-corrected chi connectivity index (χ0v) is 23.8. The van der Waals surface area contributed by atoms with Crippen LogP contribution in [0.5, 0.6) is 5.75 Å². The minimum Gasteiger partial charge on any atom is -0.497 e. The lowest BCUT2D eigenvalue weighted by Crippen LogP contribution is -2.40. The van der Waals surface area contributed by atoms with Crippen molar-refractivity contribution < 1.29 is 25.5 Å². The molecular weight excluding hydrogens is 536 g/mol. The van der Waals surface area contributed by atoms with Gasteiger partial charge in [0.2, 0.25) is 5.91 Å². The summed E-state index contributed by atoms with van der Waals surface area (Å²) in [7, 11) is -2.77. The van der Waals surface area contributed by atoms with E-state index in [0.29, 0.717) is 35.0 Å². The number of methoxy groups -OCH3 is 1.